The van der Waals surface area contributed by atoms with E-state index < -0.39 is 6.10 Å². The van der Waals surface area contributed by atoms with Gasteiger partial charge in [0.2, 0.25) is 0 Å². The van der Waals surface area contributed by atoms with E-state index in [9.17, 15) is 5.11 Å². The van der Waals surface area contributed by atoms with E-state index >= 15 is 0 Å². The van der Waals surface area contributed by atoms with Gasteiger partial charge in [0.25, 0.3) is 0 Å². The molecule has 0 aromatic heterocycles. The lowest BCUT2D eigenvalue weighted by molar-refractivity contribution is 0.0641. The van der Waals surface area contributed by atoms with Crippen LogP contribution in [0.25, 0.3) is 0 Å². The van der Waals surface area contributed by atoms with Crippen molar-refractivity contribution in [3.63, 3.8) is 0 Å². The second-order valence-electron chi connectivity index (χ2n) is 4.27. The summed E-state index contributed by atoms with van der Waals surface area (Å²) in [5, 5.41) is 9.89. The van der Waals surface area contributed by atoms with Crippen molar-refractivity contribution in [2.45, 2.75) is 25.9 Å². The molecule has 0 aliphatic heterocycles. The molecule has 19 heavy (non-hydrogen) atoms. The smallest absolute Gasteiger partial charge is 0.125 e. The molecule has 0 unspecified atom stereocenters. The zero-order chi connectivity index (χ0) is 13.9. The Morgan fingerprint density at radius 2 is 1.89 bits per heavy atom. The van der Waals surface area contributed by atoms with E-state index in [1.54, 1.807) is 7.11 Å². The average molecular weight is 268 g/mol. The van der Waals surface area contributed by atoms with Crippen LogP contribution in [0.15, 0.2) is 24.3 Å². The largest absolute Gasteiger partial charge is 0.493 e. The molecule has 0 spiro atoms. The van der Waals surface area contributed by atoms with Crippen molar-refractivity contribution in [1.29, 1.82) is 0 Å². The normalized spacial score (nSPS) is 12.4. The van der Waals surface area contributed by atoms with Crippen LogP contribution >= 0.6 is 0 Å². The molecule has 108 valence electrons. The number of ether oxygens (including phenoxy) is 3. The first kappa shape index (κ1) is 16.0. The Hall–Kier alpha value is -1.10. The van der Waals surface area contributed by atoms with E-state index in [0.717, 1.165) is 17.7 Å². The molecular formula is C15H24O4. The number of rotatable bonds is 10. The molecular weight excluding hydrogens is 244 g/mol. The second-order valence-corrected chi connectivity index (χ2v) is 4.27. The van der Waals surface area contributed by atoms with Crippen LogP contribution in [-0.4, -0.2) is 38.6 Å². The maximum Gasteiger partial charge on any atom is 0.125 e. The Bertz CT molecular complexity index is 341. The highest BCUT2D eigenvalue weighted by atomic mass is 16.5. The van der Waals surface area contributed by atoms with Crippen molar-refractivity contribution in [1.82, 2.24) is 0 Å². The lowest BCUT2D eigenvalue weighted by Gasteiger charge is -2.14. The van der Waals surface area contributed by atoms with Gasteiger partial charge in [-0.3, -0.25) is 0 Å². The van der Waals surface area contributed by atoms with Crippen molar-refractivity contribution < 1.29 is 19.3 Å². The molecule has 4 nitrogen and oxygen atoms in total. The minimum absolute atomic E-state index is 0.464. The van der Waals surface area contributed by atoms with Gasteiger partial charge in [-0.05, 0) is 12.5 Å². The van der Waals surface area contributed by atoms with Crippen molar-refractivity contribution in [2.75, 3.05) is 33.5 Å². The third-order valence-electron chi connectivity index (χ3n) is 2.79. The molecule has 0 aliphatic carbocycles. The first-order valence-electron chi connectivity index (χ1n) is 6.76. The first-order valence-corrected chi connectivity index (χ1v) is 6.76. The van der Waals surface area contributed by atoms with Crippen molar-refractivity contribution in [2.24, 2.45) is 0 Å². The molecule has 1 aromatic carbocycles. The maximum absolute atomic E-state index is 9.89. The zero-order valence-electron chi connectivity index (χ0n) is 11.8. The summed E-state index contributed by atoms with van der Waals surface area (Å²) < 4.78 is 15.9. The number of hydrogen-bond acceptors (Lipinski definition) is 4. The molecule has 4 heteroatoms. The van der Waals surface area contributed by atoms with E-state index in [2.05, 4.69) is 0 Å². The maximum atomic E-state index is 9.89. The predicted molar refractivity (Wildman–Crippen MR) is 74.5 cm³/mol. The van der Waals surface area contributed by atoms with Crippen LogP contribution in [0.4, 0.5) is 0 Å². The molecule has 0 fully saturated rings. The number of para-hydroxylation sites is 1. The summed E-state index contributed by atoms with van der Waals surface area (Å²) in [5.41, 5.74) is 0.852. The summed E-state index contributed by atoms with van der Waals surface area (Å²) in [6.07, 6.45) is 1.04. The highest BCUT2D eigenvalue weighted by molar-refractivity contribution is 5.34. The lowest BCUT2D eigenvalue weighted by Crippen LogP contribution is -2.08. The molecule has 1 aromatic rings. The molecule has 0 heterocycles. The van der Waals surface area contributed by atoms with Crippen LogP contribution in [-0.2, 0) is 9.47 Å². The molecule has 0 radical (unpaired) electrons. The Morgan fingerprint density at radius 1 is 1.11 bits per heavy atom. The number of methoxy groups -OCH3 is 1. The third-order valence-corrected chi connectivity index (χ3v) is 2.79. The van der Waals surface area contributed by atoms with Crippen LogP contribution in [0.5, 0.6) is 5.75 Å². The first-order chi connectivity index (χ1) is 9.29. The van der Waals surface area contributed by atoms with Crippen molar-refractivity contribution in [3.05, 3.63) is 29.8 Å². The fourth-order valence-electron chi connectivity index (χ4n) is 1.69. The van der Waals surface area contributed by atoms with Crippen LogP contribution in [0.3, 0.4) is 0 Å². The molecule has 1 rings (SSSR count). The quantitative estimate of drug-likeness (QED) is 0.663. The van der Waals surface area contributed by atoms with Gasteiger partial charge in [0, 0.05) is 25.7 Å². The van der Waals surface area contributed by atoms with Gasteiger partial charge >= 0.3 is 0 Å². The molecule has 0 saturated heterocycles. The van der Waals surface area contributed by atoms with Crippen LogP contribution in [0, 0.1) is 0 Å². The zero-order valence-corrected chi connectivity index (χ0v) is 11.8. The van der Waals surface area contributed by atoms with Crippen molar-refractivity contribution >= 4 is 0 Å². The van der Waals surface area contributed by atoms with Gasteiger partial charge < -0.3 is 19.3 Å². The summed E-state index contributed by atoms with van der Waals surface area (Å²) in [7, 11) is 1.66. The van der Waals surface area contributed by atoms with Gasteiger partial charge in [0.15, 0.2) is 0 Å². The average Bonchev–Trinajstić information content (AvgIpc) is 2.46. The van der Waals surface area contributed by atoms with Gasteiger partial charge in [0.1, 0.15) is 5.75 Å². The molecule has 1 N–H and O–H groups in total. The van der Waals surface area contributed by atoms with Gasteiger partial charge in [-0.1, -0.05) is 25.1 Å². The van der Waals surface area contributed by atoms with Crippen LogP contribution in [0.1, 0.15) is 31.4 Å². The lowest BCUT2D eigenvalue weighted by atomic mass is 10.1. The van der Waals surface area contributed by atoms with E-state index in [-0.39, 0.29) is 0 Å². The topological polar surface area (TPSA) is 47.9 Å². The van der Waals surface area contributed by atoms with Gasteiger partial charge in [-0.15, -0.1) is 0 Å². The molecule has 0 amide bonds. The highest BCUT2D eigenvalue weighted by Gasteiger charge is 2.10. The SMILES string of the molecule is CC[C@H](O)c1ccccc1OCCCOCCOC. The van der Waals surface area contributed by atoms with E-state index in [4.69, 9.17) is 14.2 Å². The standard InChI is InChI=1S/C15H24O4/c1-3-14(16)13-7-4-5-8-15(13)19-10-6-9-18-12-11-17-2/h4-5,7-8,14,16H,3,6,9-12H2,1-2H3/t14-/m0/s1. The molecule has 0 saturated carbocycles. The Morgan fingerprint density at radius 3 is 2.63 bits per heavy atom. The molecule has 1 atom stereocenters. The Kier molecular flexibility index (Phi) is 8.21. The summed E-state index contributed by atoms with van der Waals surface area (Å²) in [4.78, 5) is 0. The van der Waals surface area contributed by atoms with Crippen LogP contribution in [0.2, 0.25) is 0 Å². The van der Waals surface area contributed by atoms with E-state index in [1.807, 2.05) is 31.2 Å². The van der Waals surface area contributed by atoms with Crippen molar-refractivity contribution in [3.8, 4) is 5.75 Å². The molecule has 0 bridgehead atoms. The minimum atomic E-state index is -0.464. The number of hydrogen-bond donors (Lipinski definition) is 1. The summed E-state index contributed by atoms with van der Waals surface area (Å²) in [6, 6.07) is 7.61. The van der Waals surface area contributed by atoms with Crippen LogP contribution < -0.4 is 4.74 Å². The summed E-state index contributed by atoms with van der Waals surface area (Å²) in [5.74, 6) is 0.758. The third kappa shape index (κ3) is 6.05. The summed E-state index contributed by atoms with van der Waals surface area (Å²) in [6.45, 7) is 4.42. The van der Waals surface area contributed by atoms with Gasteiger partial charge in [0.05, 0.1) is 25.9 Å². The van der Waals surface area contributed by atoms with Gasteiger partial charge in [-0.2, -0.15) is 0 Å². The minimum Gasteiger partial charge on any atom is -0.493 e. The number of aliphatic hydroxyl groups excluding tert-OH is 1. The molecule has 0 aliphatic rings. The monoisotopic (exact) mass is 268 g/mol. The van der Waals surface area contributed by atoms with Gasteiger partial charge in [-0.25, -0.2) is 0 Å². The summed E-state index contributed by atoms with van der Waals surface area (Å²) >= 11 is 0. The second kappa shape index (κ2) is 9.78. The highest BCUT2D eigenvalue weighted by Crippen LogP contribution is 2.26. The number of benzene rings is 1. The fourth-order valence-corrected chi connectivity index (χ4v) is 1.69. The Labute approximate surface area is 115 Å². The fraction of sp³-hybridized carbons (Fsp3) is 0.600. The number of aliphatic hydroxyl groups is 1. The predicted octanol–water partition coefficient (Wildman–Crippen LogP) is 2.56. The van der Waals surface area contributed by atoms with E-state index in [1.165, 1.54) is 0 Å². The Balaban J connectivity index is 2.29. The van der Waals surface area contributed by atoms with E-state index in [0.29, 0.717) is 32.8 Å².